The van der Waals surface area contributed by atoms with Crippen molar-refractivity contribution in [2.75, 3.05) is 5.32 Å². The van der Waals surface area contributed by atoms with E-state index in [0.717, 1.165) is 28.2 Å². The van der Waals surface area contributed by atoms with Crippen molar-refractivity contribution in [3.63, 3.8) is 0 Å². The molecular weight excluding hydrogens is 360 g/mol. The third-order valence-electron chi connectivity index (χ3n) is 5.14. The number of aryl methyl sites for hydroxylation is 2. The maximum absolute atomic E-state index is 12.7. The average Bonchev–Trinajstić information content (AvgIpc) is 3.34. The van der Waals surface area contributed by atoms with Crippen molar-refractivity contribution in [2.24, 2.45) is 7.05 Å². The number of rotatable bonds is 4. The number of thiazole rings is 1. The monoisotopic (exact) mass is 382 g/mol. The van der Waals surface area contributed by atoms with Crippen molar-refractivity contribution in [1.29, 1.82) is 0 Å². The zero-order valence-electron chi connectivity index (χ0n) is 15.9. The summed E-state index contributed by atoms with van der Waals surface area (Å²) in [7, 11) is 1.89. The first-order chi connectivity index (χ1) is 12.9. The lowest BCUT2D eigenvalue weighted by Gasteiger charge is -2.11. The largest absolute Gasteiger partial charge is 0.372 e. The van der Waals surface area contributed by atoms with Crippen LogP contribution in [0.1, 0.15) is 40.9 Å². The Kier molecular flexibility index (Phi) is 4.57. The van der Waals surface area contributed by atoms with Gasteiger partial charge in [-0.2, -0.15) is 5.10 Å². The van der Waals surface area contributed by atoms with Gasteiger partial charge in [-0.1, -0.05) is 12.1 Å². The number of benzene rings is 1. The summed E-state index contributed by atoms with van der Waals surface area (Å²) in [4.78, 5) is 17.3. The van der Waals surface area contributed by atoms with Gasteiger partial charge in [0, 0.05) is 29.2 Å². The topological polar surface area (TPSA) is 69.0 Å². The standard InChI is InChI=1S/C20H22N4O2S/c1-11(18-12(2)23-24(4)13(18)3)19(25)22-20-21-17(10-27-20)14-5-6-15-8-26-9-16(15)7-14/h5-7,10-11H,8-9H2,1-4H3,(H,21,22,25)/t11-/m1/s1. The molecule has 1 amide bonds. The van der Waals surface area contributed by atoms with Gasteiger partial charge < -0.3 is 10.1 Å². The molecular formula is C20H22N4O2S. The van der Waals surface area contributed by atoms with Crippen LogP contribution in [0.2, 0.25) is 0 Å². The van der Waals surface area contributed by atoms with E-state index in [1.165, 1.54) is 22.5 Å². The molecule has 27 heavy (non-hydrogen) atoms. The molecule has 2 aromatic heterocycles. The number of anilines is 1. The number of aromatic nitrogens is 3. The van der Waals surface area contributed by atoms with Crippen LogP contribution in [0.5, 0.6) is 0 Å². The van der Waals surface area contributed by atoms with Gasteiger partial charge in [-0.15, -0.1) is 11.3 Å². The van der Waals surface area contributed by atoms with E-state index in [1.807, 2.05) is 37.9 Å². The van der Waals surface area contributed by atoms with E-state index in [4.69, 9.17) is 4.74 Å². The number of nitrogens with one attached hydrogen (secondary N) is 1. The molecule has 1 N–H and O–H groups in total. The summed E-state index contributed by atoms with van der Waals surface area (Å²) in [5.41, 5.74) is 7.23. The molecule has 0 fully saturated rings. The van der Waals surface area contributed by atoms with Gasteiger partial charge in [0.05, 0.1) is 30.5 Å². The number of hydrogen-bond donors (Lipinski definition) is 1. The van der Waals surface area contributed by atoms with Crippen molar-refractivity contribution in [2.45, 2.75) is 39.9 Å². The van der Waals surface area contributed by atoms with Crippen molar-refractivity contribution < 1.29 is 9.53 Å². The number of hydrogen-bond acceptors (Lipinski definition) is 5. The van der Waals surface area contributed by atoms with Crippen molar-refractivity contribution in [3.05, 3.63) is 51.7 Å². The molecule has 0 radical (unpaired) electrons. The van der Waals surface area contributed by atoms with Gasteiger partial charge in [-0.05, 0) is 38.0 Å². The van der Waals surface area contributed by atoms with Gasteiger partial charge in [-0.25, -0.2) is 4.98 Å². The van der Waals surface area contributed by atoms with E-state index in [0.29, 0.717) is 18.3 Å². The molecule has 1 atom stereocenters. The van der Waals surface area contributed by atoms with Crippen LogP contribution in [0.3, 0.4) is 0 Å². The second kappa shape index (κ2) is 6.90. The lowest BCUT2D eigenvalue weighted by atomic mass is 9.98. The van der Waals surface area contributed by atoms with Crippen LogP contribution < -0.4 is 5.32 Å². The minimum Gasteiger partial charge on any atom is -0.372 e. The molecule has 0 saturated heterocycles. The number of amides is 1. The molecule has 3 aromatic rings. The third-order valence-corrected chi connectivity index (χ3v) is 5.90. The Bertz CT molecular complexity index is 1020. The van der Waals surface area contributed by atoms with Crippen LogP contribution in [0, 0.1) is 13.8 Å². The molecule has 0 aliphatic carbocycles. The number of carbonyl (C=O) groups is 1. The van der Waals surface area contributed by atoms with Crippen LogP contribution in [0.15, 0.2) is 23.6 Å². The van der Waals surface area contributed by atoms with Crippen LogP contribution in [0.25, 0.3) is 11.3 Å². The average molecular weight is 382 g/mol. The lowest BCUT2D eigenvalue weighted by molar-refractivity contribution is -0.117. The molecule has 0 saturated carbocycles. The zero-order chi connectivity index (χ0) is 19.1. The smallest absolute Gasteiger partial charge is 0.233 e. The maximum atomic E-state index is 12.7. The quantitative estimate of drug-likeness (QED) is 0.742. The maximum Gasteiger partial charge on any atom is 0.233 e. The van der Waals surface area contributed by atoms with E-state index in [-0.39, 0.29) is 11.8 Å². The molecule has 3 heterocycles. The zero-order valence-corrected chi connectivity index (χ0v) is 16.7. The highest BCUT2D eigenvalue weighted by Gasteiger charge is 2.23. The summed E-state index contributed by atoms with van der Waals surface area (Å²) < 4.78 is 7.28. The van der Waals surface area contributed by atoms with Gasteiger partial charge in [-0.3, -0.25) is 9.48 Å². The lowest BCUT2D eigenvalue weighted by Crippen LogP contribution is -2.19. The van der Waals surface area contributed by atoms with Crippen molar-refractivity contribution >= 4 is 22.4 Å². The van der Waals surface area contributed by atoms with Gasteiger partial charge in [0.1, 0.15) is 0 Å². The van der Waals surface area contributed by atoms with Crippen LogP contribution >= 0.6 is 11.3 Å². The SMILES string of the molecule is Cc1nn(C)c(C)c1[C@@H](C)C(=O)Nc1nc(-c2ccc3c(c2)COC3)cs1. The highest BCUT2D eigenvalue weighted by Crippen LogP contribution is 2.30. The van der Waals surface area contributed by atoms with Gasteiger partial charge in [0.15, 0.2) is 5.13 Å². The molecule has 0 spiro atoms. The third kappa shape index (κ3) is 3.28. The van der Waals surface area contributed by atoms with Gasteiger partial charge >= 0.3 is 0 Å². The fraction of sp³-hybridized carbons (Fsp3) is 0.350. The van der Waals surface area contributed by atoms with Crippen LogP contribution in [0.4, 0.5) is 5.13 Å². The van der Waals surface area contributed by atoms with E-state index in [1.54, 1.807) is 0 Å². The predicted molar refractivity (Wildman–Crippen MR) is 106 cm³/mol. The normalized spacial score (nSPS) is 14.2. The highest BCUT2D eigenvalue weighted by molar-refractivity contribution is 7.14. The Labute approximate surface area is 162 Å². The second-order valence-electron chi connectivity index (χ2n) is 6.93. The molecule has 7 heteroatoms. The summed E-state index contributed by atoms with van der Waals surface area (Å²) in [6.07, 6.45) is 0. The molecule has 140 valence electrons. The highest BCUT2D eigenvalue weighted by atomic mass is 32.1. The summed E-state index contributed by atoms with van der Waals surface area (Å²) >= 11 is 1.44. The summed E-state index contributed by atoms with van der Waals surface area (Å²) in [6.45, 7) is 7.15. The number of nitrogens with zero attached hydrogens (tertiary/aromatic N) is 3. The Morgan fingerprint density at radius 3 is 2.81 bits per heavy atom. The van der Waals surface area contributed by atoms with E-state index < -0.39 is 0 Å². The van der Waals surface area contributed by atoms with Gasteiger partial charge in [0.25, 0.3) is 0 Å². The molecule has 0 unspecified atom stereocenters. The summed E-state index contributed by atoms with van der Waals surface area (Å²) in [5, 5.41) is 9.94. The second-order valence-corrected chi connectivity index (χ2v) is 7.79. The van der Waals surface area contributed by atoms with Crippen molar-refractivity contribution in [1.82, 2.24) is 14.8 Å². The fourth-order valence-corrected chi connectivity index (χ4v) is 4.28. The molecule has 1 aliphatic rings. The fourth-order valence-electron chi connectivity index (χ4n) is 3.56. The Hall–Kier alpha value is -2.51. The van der Waals surface area contributed by atoms with Crippen molar-refractivity contribution in [3.8, 4) is 11.3 Å². The first-order valence-electron chi connectivity index (χ1n) is 8.90. The Morgan fingerprint density at radius 2 is 2.07 bits per heavy atom. The number of carbonyl (C=O) groups excluding carboxylic acids is 1. The molecule has 1 aromatic carbocycles. The number of fused-ring (bicyclic) bond motifs is 1. The minimum absolute atomic E-state index is 0.0718. The van der Waals surface area contributed by atoms with Crippen LogP contribution in [-0.2, 0) is 29.8 Å². The summed E-state index contributed by atoms with van der Waals surface area (Å²) in [5.74, 6) is -0.361. The predicted octanol–water partition coefficient (Wildman–Crippen LogP) is 3.93. The van der Waals surface area contributed by atoms with E-state index >= 15 is 0 Å². The van der Waals surface area contributed by atoms with E-state index in [9.17, 15) is 4.79 Å². The summed E-state index contributed by atoms with van der Waals surface area (Å²) in [6, 6.07) is 6.26. The minimum atomic E-state index is -0.289. The first-order valence-corrected chi connectivity index (χ1v) is 9.78. The van der Waals surface area contributed by atoms with Gasteiger partial charge in [0.2, 0.25) is 5.91 Å². The first kappa shape index (κ1) is 17.9. The Morgan fingerprint density at radius 1 is 1.30 bits per heavy atom. The molecule has 4 rings (SSSR count). The molecule has 1 aliphatic heterocycles. The molecule has 0 bridgehead atoms. The Balaban J connectivity index is 1.51. The van der Waals surface area contributed by atoms with Crippen LogP contribution in [-0.4, -0.2) is 20.7 Å². The van der Waals surface area contributed by atoms with E-state index in [2.05, 4.69) is 33.6 Å². The molecule has 6 nitrogen and oxygen atoms in total. The number of ether oxygens (including phenoxy) is 1.